The van der Waals surface area contributed by atoms with Crippen molar-refractivity contribution in [1.29, 1.82) is 5.26 Å². The molecule has 0 aliphatic carbocycles. The molecule has 4 heteroatoms. The average Bonchev–Trinajstić information content (AvgIpc) is 3.71. The molecule has 3 heterocycles. The summed E-state index contributed by atoms with van der Waals surface area (Å²) in [5.41, 5.74) is 32.2. The van der Waals surface area contributed by atoms with Gasteiger partial charge in [-0.05, 0) is 215 Å². The van der Waals surface area contributed by atoms with Crippen LogP contribution >= 0.6 is 0 Å². The van der Waals surface area contributed by atoms with Crippen molar-refractivity contribution in [2.75, 3.05) is 4.90 Å². The molecule has 0 amide bonds. The summed E-state index contributed by atoms with van der Waals surface area (Å²) in [6.07, 6.45) is 0. The van der Waals surface area contributed by atoms with Crippen molar-refractivity contribution >= 4 is 56.6 Å². The number of rotatable bonds is 6. The van der Waals surface area contributed by atoms with Crippen LogP contribution in [0.5, 0.6) is 0 Å². The van der Waals surface area contributed by atoms with Crippen LogP contribution < -0.4 is 15.8 Å². The van der Waals surface area contributed by atoms with Crippen LogP contribution in [0.4, 0.5) is 17.1 Å². The highest BCUT2D eigenvalue weighted by atomic mass is 15.2. The Balaban J connectivity index is 1.19. The van der Waals surface area contributed by atoms with Gasteiger partial charge in [-0.15, -0.1) is 0 Å². The van der Waals surface area contributed by atoms with E-state index in [0.717, 1.165) is 39.3 Å². The monoisotopic (exact) mass is 921 g/mol. The maximum Gasteiger partial charge on any atom is 0.333 e. The van der Waals surface area contributed by atoms with Crippen LogP contribution in [0.3, 0.4) is 0 Å². The number of nitrogens with zero attached hydrogens (tertiary/aromatic N) is 3. The van der Waals surface area contributed by atoms with E-state index in [0.29, 0.717) is 5.56 Å². The highest BCUT2D eigenvalue weighted by Crippen LogP contribution is 2.51. The number of aryl methyl sites for hydroxylation is 6. The van der Waals surface area contributed by atoms with E-state index in [-0.39, 0.29) is 6.85 Å². The van der Waals surface area contributed by atoms with Gasteiger partial charge in [-0.3, -0.25) is 0 Å². The van der Waals surface area contributed by atoms with E-state index in [4.69, 9.17) is 0 Å². The molecule has 0 saturated heterocycles. The predicted molar refractivity (Wildman–Crippen MR) is 305 cm³/mol. The lowest BCUT2D eigenvalue weighted by Crippen LogP contribution is -2.56. The van der Waals surface area contributed by atoms with Crippen LogP contribution in [-0.4, -0.2) is 11.3 Å². The van der Waals surface area contributed by atoms with E-state index in [1.54, 1.807) is 0 Å². The van der Waals surface area contributed by atoms with Gasteiger partial charge in [0.2, 0.25) is 0 Å². The van der Waals surface area contributed by atoms with Gasteiger partial charge in [0.25, 0.3) is 0 Å². The molecule has 0 radical (unpaired) electrons. The molecule has 72 heavy (non-hydrogen) atoms. The second-order valence-electron chi connectivity index (χ2n) is 20.4. The van der Waals surface area contributed by atoms with Gasteiger partial charge in [0, 0.05) is 44.4 Å². The molecular formula is C68H52BN3. The molecule has 3 nitrogen and oxygen atoms in total. The number of fused-ring (bicyclic) bond motifs is 7. The Morgan fingerprint density at radius 1 is 0.417 bits per heavy atom. The average molecular weight is 922 g/mol. The number of benzene rings is 10. The van der Waals surface area contributed by atoms with Crippen molar-refractivity contribution < 1.29 is 0 Å². The first kappa shape index (κ1) is 43.4. The van der Waals surface area contributed by atoms with E-state index in [2.05, 4.69) is 240 Å². The molecule has 13 rings (SSSR count). The minimum absolute atomic E-state index is 0.138. The van der Waals surface area contributed by atoms with Crippen LogP contribution in [-0.2, 0) is 0 Å². The summed E-state index contributed by atoms with van der Waals surface area (Å²) in [5.74, 6) is 0. The maximum absolute atomic E-state index is 10.3. The van der Waals surface area contributed by atoms with E-state index in [1.165, 1.54) is 116 Å². The van der Waals surface area contributed by atoms with Gasteiger partial charge in [0.15, 0.2) is 0 Å². The molecule has 342 valence electrons. The van der Waals surface area contributed by atoms with Crippen molar-refractivity contribution in [3.8, 4) is 72.8 Å². The highest BCUT2D eigenvalue weighted by Gasteiger charge is 2.44. The third-order valence-corrected chi connectivity index (χ3v) is 15.6. The van der Waals surface area contributed by atoms with E-state index < -0.39 is 0 Å². The van der Waals surface area contributed by atoms with Gasteiger partial charge >= 0.3 is 6.85 Å². The number of para-hydroxylation sites is 1. The van der Waals surface area contributed by atoms with Crippen molar-refractivity contribution in [3.63, 3.8) is 0 Å². The normalized spacial score (nSPS) is 12.3. The molecule has 2 aliphatic heterocycles. The van der Waals surface area contributed by atoms with Crippen molar-refractivity contribution in [3.05, 3.63) is 233 Å². The van der Waals surface area contributed by atoms with Gasteiger partial charge < -0.3 is 9.38 Å². The molecule has 0 atom stereocenters. The molecule has 1 aromatic heterocycles. The Hall–Kier alpha value is -8.65. The highest BCUT2D eigenvalue weighted by molar-refractivity contribution is 6.90. The minimum atomic E-state index is -0.138. The minimum Gasteiger partial charge on any atom is -0.375 e. The smallest absolute Gasteiger partial charge is 0.333 e. The number of hydrogen-bond donors (Lipinski definition) is 0. The second kappa shape index (κ2) is 16.5. The lowest BCUT2D eigenvalue weighted by atomic mass is 9.44. The van der Waals surface area contributed by atoms with Gasteiger partial charge in [0.05, 0.1) is 11.6 Å². The number of aromatic nitrogens is 1. The van der Waals surface area contributed by atoms with Crippen molar-refractivity contribution in [2.45, 2.75) is 48.5 Å². The van der Waals surface area contributed by atoms with E-state index >= 15 is 0 Å². The van der Waals surface area contributed by atoms with Crippen molar-refractivity contribution in [1.82, 2.24) is 4.48 Å². The zero-order valence-electron chi connectivity index (χ0n) is 41.8. The fraction of sp³-hybridized carbons (Fsp3) is 0.103. The third-order valence-electron chi connectivity index (χ3n) is 15.6. The van der Waals surface area contributed by atoms with Crippen LogP contribution in [0.15, 0.2) is 188 Å². The number of hydrogen-bond acceptors (Lipinski definition) is 2. The van der Waals surface area contributed by atoms with Crippen LogP contribution in [0, 0.1) is 59.8 Å². The SMILES string of the molecule is Cc1cc(C)c(-c2ccc3c(c2)c2cc(-c4c(C)cc(C)cc4C)cc4c2n3B2c3ccccc3N(c3cc(-c5ccccc5)cc(-c5ccccc5)c3)c3cc(-c5cccc(C#N)c5)c(C)c-4c32)c(C)c1. The molecule has 0 spiro atoms. The van der Waals surface area contributed by atoms with Crippen LogP contribution in [0.2, 0.25) is 0 Å². The first-order chi connectivity index (χ1) is 35.0. The summed E-state index contributed by atoms with van der Waals surface area (Å²) < 4.78 is 2.69. The Bertz CT molecular complexity index is 4030. The van der Waals surface area contributed by atoms with Gasteiger partial charge in [-0.1, -0.05) is 132 Å². The number of nitriles is 1. The van der Waals surface area contributed by atoms with E-state index in [1.807, 2.05) is 12.1 Å². The molecule has 0 fully saturated rings. The van der Waals surface area contributed by atoms with Crippen LogP contribution in [0.1, 0.15) is 44.5 Å². The molecule has 0 unspecified atom stereocenters. The zero-order chi connectivity index (χ0) is 49.1. The second-order valence-corrected chi connectivity index (χ2v) is 20.4. The quantitative estimate of drug-likeness (QED) is 0.156. The lowest BCUT2D eigenvalue weighted by Gasteiger charge is -2.42. The van der Waals surface area contributed by atoms with Crippen molar-refractivity contribution in [2.24, 2.45) is 0 Å². The summed E-state index contributed by atoms with van der Waals surface area (Å²) in [6, 6.07) is 72.3. The first-order valence-electron chi connectivity index (χ1n) is 25.2. The standard InChI is InChI=1S/C68H52BN3/c1-40-27-42(3)64(43(4)28-40)51-25-26-61-57(35-51)58-36-54(65-44(5)29-41(2)30-45(65)6)37-59-66-46(7)56(50-22-16-17-47(31-50)39-70)38-63-67(66)69(72(61)68(58)59)60-23-14-15-24-62(60)71(63)55-33-52(48-18-10-8-11-19-48)32-53(34-55)49-20-12-9-13-21-49/h8-38H,1-7H3. The summed E-state index contributed by atoms with van der Waals surface area (Å²) >= 11 is 0. The van der Waals surface area contributed by atoms with Gasteiger partial charge in [-0.2, -0.15) is 5.26 Å². The largest absolute Gasteiger partial charge is 0.375 e. The summed E-state index contributed by atoms with van der Waals surface area (Å²) in [5, 5.41) is 12.8. The lowest BCUT2D eigenvalue weighted by molar-refractivity contribution is 1.24. The predicted octanol–water partition coefficient (Wildman–Crippen LogP) is 16.6. The molecule has 0 bridgehead atoms. The molecule has 0 N–H and O–H groups in total. The Labute approximate surface area is 423 Å². The Kier molecular flexibility index (Phi) is 9.93. The number of anilines is 3. The van der Waals surface area contributed by atoms with Gasteiger partial charge in [0.1, 0.15) is 0 Å². The van der Waals surface area contributed by atoms with Crippen LogP contribution in [0.25, 0.3) is 88.6 Å². The maximum atomic E-state index is 10.3. The fourth-order valence-electron chi connectivity index (χ4n) is 13.0. The molecule has 11 aromatic rings. The Morgan fingerprint density at radius 2 is 1.00 bits per heavy atom. The van der Waals surface area contributed by atoms with Gasteiger partial charge in [-0.25, -0.2) is 0 Å². The third kappa shape index (κ3) is 6.65. The first-order valence-corrected chi connectivity index (χ1v) is 25.2. The zero-order valence-corrected chi connectivity index (χ0v) is 41.8. The topological polar surface area (TPSA) is 32.0 Å². The molecule has 0 saturated carbocycles. The molecule has 2 aliphatic rings. The van der Waals surface area contributed by atoms with E-state index in [9.17, 15) is 5.26 Å². The summed E-state index contributed by atoms with van der Waals surface area (Å²) in [4.78, 5) is 2.54. The fourth-order valence-corrected chi connectivity index (χ4v) is 13.0. The summed E-state index contributed by atoms with van der Waals surface area (Å²) in [6.45, 7) is 15.6. The molecular weight excluding hydrogens is 870 g/mol. The summed E-state index contributed by atoms with van der Waals surface area (Å²) in [7, 11) is 0. The Morgan fingerprint density at radius 3 is 1.64 bits per heavy atom. The molecule has 10 aromatic carbocycles.